The fourth-order valence-corrected chi connectivity index (χ4v) is 3.16. The van der Waals surface area contributed by atoms with Crippen LogP contribution in [0.15, 0.2) is 48.5 Å². The van der Waals surface area contributed by atoms with E-state index in [1.807, 2.05) is 0 Å². The Morgan fingerprint density at radius 2 is 1.21 bits per heavy atom. The zero-order valence-corrected chi connectivity index (χ0v) is 14.9. The van der Waals surface area contributed by atoms with Gasteiger partial charge in [-0.25, -0.2) is 9.97 Å². The van der Waals surface area contributed by atoms with Crippen molar-refractivity contribution < 1.29 is 30.6 Å². The third kappa shape index (κ3) is 3.27. The largest absolute Gasteiger partial charge is 0.508 e. The predicted molar refractivity (Wildman–Crippen MR) is 104 cm³/mol. The number of aromatic hydroxyl groups is 6. The number of para-hydroxylation sites is 2. The molecule has 0 aliphatic heterocycles. The molecule has 3 aromatic carbocycles. The van der Waals surface area contributed by atoms with Gasteiger partial charge in [-0.05, 0) is 29.8 Å². The molecular formula is C21H16N2O6. The summed E-state index contributed by atoms with van der Waals surface area (Å²) in [6.07, 6.45) is 0.0638. The minimum atomic E-state index is -0.632. The van der Waals surface area contributed by atoms with Crippen LogP contribution in [0.1, 0.15) is 11.3 Å². The van der Waals surface area contributed by atoms with Gasteiger partial charge in [0.25, 0.3) is 0 Å². The summed E-state index contributed by atoms with van der Waals surface area (Å²) in [4.78, 5) is 9.08. The van der Waals surface area contributed by atoms with Crippen molar-refractivity contribution in [2.24, 2.45) is 0 Å². The van der Waals surface area contributed by atoms with E-state index in [-0.39, 0.29) is 34.9 Å². The van der Waals surface area contributed by atoms with E-state index >= 15 is 0 Å². The molecule has 8 nitrogen and oxygen atoms in total. The Hall–Kier alpha value is -4.20. The van der Waals surface area contributed by atoms with E-state index in [9.17, 15) is 30.6 Å². The zero-order valence-electron chi connectivity index (χ0n) is 14.9. The van der Waals surface area contributed by atoms with E-state index in [2.05, 4.69) is 9.97 Å². The van der Waals surface area contributed by atoms with Crippen LogP contribution in [0.5, 0.6) is 34.5 Å². The second-order valence-electron chi connectivity index (χ2n) is 6.53. The summed E-state index contributed by atoms with van der Waals surface area (Å²) in [5.41, 5.74) is 2.01. The Labute approximate surface area is 164 Å². The number of phenolic OH excluding ortho intramolecular Hbond substituents is 6. The summed E-state index contributed by atoms with van der Waals surface area (Å²) >= 11 is 0. The smallest absolute Gasteiger partial charge is 0.200 e. The molecule has 0 saturated carbocycles. The molecular weight excluding hydrogens is 376 g/mol. The fraction of sp³-hybridized carbons (Fsp3) is 0.0476. The van der Waals surface area contributed by atoms with Crippen LogP contribution in [0, 0.1) is 0 Å². The summed E-state index contributed by atoms with van der Waals surface area (Å²) in [5.74, 6) is -2.70. The first-order valence-electron chi connectivity index (χ1n) is 8.58. The molecule has 0 saturated heterocycles. The molecule has 29 heavy (non-hydrogen) atoms. The minimum Gasteiger partial charge on any atom is -0.508 e. The lowest BCUT2D eigenvalue weighted by atomic mass is 10.0. The van der Waals surface area contributed by atoms with Crippen molar-refractivity contribution in [1.82, 2.24) is 9.97 Å². The lowest BCUT2D eigenvalue weighted by Crippen LogP contribution is -2.01. The van der Waals surface area contributed by atoms with Gasteiger partial charge in [-0.1, -0.05) is 12.1 Å². The van der Waals surface area contributed by atoms with E-state index in [1.54, 1.807) is 24.3 Å². The Bertz CT molecular complexity index is 1210. The summed E-state index contributed by atoms with van der Waals surface area (Å²) < 4.78 is 0. The van der Waals surface area contributed by atoms with Crippen LogP contribution < -0.4 is 0 Å². The molecule has 6 N–H and O–H groups in total. The van der Waals surface area contributed by atoms with Crippen molar-refractivity contribution in [3.63, 3.8) is 0 Å². The first-order valence-corrected chi connectivity index (χ1v) is 8.58. The highest BCUT2D eigenvalue weighted by molar-refractivity contribution is 5.83. The molecule has 0 atom stereocenters. The fourth-order valence-electron chi connectivity index (χ4n) is 3.16. The molecule has 1 heterocycles. The standard InChI is InChI=1S/C21H16N2O6/c24-11-8-15(25)19(16(26)9-11)20-14(22-12-3-1-2-4-13(12)23-20)5-10-6-17(27)21(29)18(28)7-10/h1-4,6-9,24-29H,5H2. The highest BCUT2D eigenvalue weighted by Crippen LogP contribution is 2.42. The molecule has 4 aromatic rings. The van der Waals surface area contributed by atoms with Gasteiger partial charge in [0, 0.05) is 18.6 Å². The van der Waals surface area contributed by atoms with Crippen molar-refractivity contribution in [1.29, 1.82) is 0 Å². The average Bonchev–Trinajstić information content (AvgIpc) is 2.65. The van der Waals surface area contributed by atoms with Gasteiger partial charge in [-0.3, -0.25) is 0 Å². The van der Waals surface area contributed by atoms with Crippen molar-refractivity contribution in [3.8, 4) is 45.8 Å². The number of benzene rings is 3. The molecule has 1 aromatic heterocycles. The first kappa shape index (κ1) is 18.2. The van der Waals surface area contributed by atoms with Gasteiger partial charge in [0.15, 0.2) is 17.2 Å². The number of hydrogen-bond donors (Lipinski definition) is 6. The third-order valence-electron chi connectivity index (χ3n) is 4.46. The summed E-state index contributed by atoms with van der Waals surface area (Å²) in [5, 5.41) is 59.3. The third-order valence-corrected chi connectivity index (χ3v) is 4.46. The van der Waals surface area contributed by atoms with E-state index in [4.69, 9.17) is 0 Å². The molecule has 8 heteroatoms. The van der Waals surface area contributed by atoms with E-state index in [1.165, 1.54) is 12.1 Å². The predicted octanol–water partition coefficient (Wildman–Crippen LogP) is 3.12. The molecule has 0 fully saturated rings. The average molecular weight is 392 g/mol. The molecule has 0 radical (unpaired) electrons. The molecule has 0 bridgehead atoms. The molecule has 4 rings (SSSR count). The summed E-state index contributed by atoms with van der Waals surface area (Å²) in [6, 6.07) is 11.7. The van der Waals surface area contributed by atoms with Gasteiger partial charge in [-0.15, -0.1) is 0 Å². The van der Waals surface area contributed by atoms with E-state index in [0.29, 0.717) is 22.3 Å². The zero-order chi connectivity index (χ0) is 20.7. The molecule has 0 aliphatic rings. The maximum atomic E-state index is 10.3. The van der Waals surface area contributed by atoms with E-state index < -0.39 is 17.2 Å². The van der Waals surface area contributed by atoms with Gasteiger partial charge in [-0.2, -0.15) is 0 Å². The number of hydrogen-bond acceptors (Lipinski definition) is 8. The van der Waals surface area contributed by atoms with Crippen LogP contribution in [0.4, 0.5) is 0 Å². The minimum absolute atomic E-state index is 0.0109. The van der Waals surface area contributed by atoms with Crippen LogP contribution in [-0.2, 0) is 6.42 Å². The molecule has 146 valence electrons. The monoisotopic (exact) mass is 392 g/mol. The van der Waals surface area contributed by atoms with Crippen LogP contribution in [0.3, 0.4) is 0 Å². The molecule has 0 spiro atoms. The lowest BCUT2D eigenvalue weighted by molar-refractivity contribution is 0.367. The number of nitrogens with zero attached hydrogens (tertiary/aromatic N) is 2. The number of phenols is 6. The van der Waals surface area contributed by atoms with Crippen molar-refractivity contribution >= 4 is 11.0 Å². The second-order valence-corrected chi connectivity index (χ2v) is 6.53. The Morgan fingerprint density at radius 1 is 0.655 bits per heavy atom. The quantitative estimate of drug-likeness (QED) is 0.291. The Balaban J connectivity index is 1.95. The number of fused-ring (bicyclic) bond motifs is 1. The van der Waals surface area contributed by atoms with Gasteiger partial charge in [0.1, 0.15) is 22.9 Å². The normalized spacial score (nSPS) is 11.0. The molecule has 0 aliphatic carbocycles. The molecule has 0 unspecified atom stereocenters. The van der Waals surface area contributed by atoms with Gasteiger partial charge < -0.3 is 30.6 Å². The highest BCUT2D eigenvalue weighted by Gasteiger charge is 2.20. The maximum Gasteiger partial charge on any atom is 0.200 e. The number of rotatable bonds is 3. The second kappa shape index (κ2) is 6.75. The van der Waals surface area contributed by atoms with Crippen LogP contribution in [0.25, 0.3) is 22.3 Å². The summed E-state index contributed by atoms with van der Waals surface area (Å²) in [6.45, 7) is 0. The van der Waals surface area contributed by atoms with Gasteiger partial charge in [0.05, 0.1) is 22.3 Å². The number of aromatic nitrogens is 2. The van der Waals surface area contributed by atoms with Crippen molar-refractivity contribution in [2.75, 3.05) is 0 Å². The van der Waals surface area contributed by atoms with E-state index in [0.717, 1.165) is 12.1 Å². The van der Waals surface area contributed by atoms with Gasteiger partial charge in [0.2, 0.25) is 0 Å². The molecule has 0 amide bonds. The topological polar surface area (TPSA) is 147 Å². The highest BCUT2D eigenvalue weighted by atomic mass is 16.3. The first-order chi connectivity index (χ1) is 13.8. The summed E-state index contributed by atoms with van der Waals surface area (Å²) in [7, 11) is 0. The van der Waals surface area contributed by atoms with Gasteiger partial charge >= 0.3 is 0 Å². The Kier molecular flexibility index (Phi) is 4.23. The Morgan fingerprint density at radius 3 is 1.79 bits per heavy atom. The lowest BCUT2D eigenvalue weighted by Gasteiger charge is -2.14. The van der Waals surface area contributed by atoms with Crippen LogP contribution in [0.2, 0.25) is 0 Å². The van der Waals surface area contributed by atoms with Crippen molar-refractivity contribution in [3.05, 3.63) is 59.8 Å². The maximum absolute atomic E-state index is 10.3. The van der Waals surface area contributed by atoms with Crippen LogP contribution >= 0.6 is 0 Å². The SMILES string of the molecule is Oc1cc(O)c(-c2nc3ccccc3nc2Cc2cc(O)c(O)c(O)c2)c(O)c1. The van der Waals surface area contributed by atoms with Crippen molar-refractivity contribution in [2.45, 2.75) is 6.42 Å². The van der Waals surface area contributed by atoms with Crippen LogP contribution in [-0.4, -0.2) is 40.6 Å².